The second-order valence-corrected chi connectivity index (χ2v) is 7.40. The van der Waals surface area contributed by atoms with Gasteiger partial charge in [0.05, 0.1) is 31.3 Å². The summed E-state index contributed by atoms with van der Waals surface area (Å²) in [6.45, 7) is 12.4. The van der Waals surface area contributed by atoms with Crippen LogP contribution in [0.25, 0.3) is 0 Å². The first-order valence-electron chi connectivity index (χ1n) is 8.93. The van der Waals surface area contributed by atoms with Crippen LogP contribution in [0.1, 0.15) is 40.0 Å². The van der Waals surface area contributed by atoms with Crippen LogP contribution in [0.15, 0.2) is 0 Å². The van der Waals surface area contributed by atoms with E-state index in [4.69, 9.17) is 4.74 Å². The lowest BCUT2D eigenvalue weighted by molar-refractivity contribution is -0.126. The maximum absolute atomic E-state index is 12.3. The molecule has 0 aliphatic carbocycles. The molecule has 0 spiro atoms. The molecule has 0 aromatic heterocycles. The number of hydrogen-bond acceptors (Lipinski definition) is 5. The molecule has 0 bridgehead atoms. The van der Waals surface area contributed by atoms with Gasteiger partial charge in [-0.2, -0.15) is 0 Å². The molecule has 2 fully saturated rings. The average Bonchev–Trinajstić information content (AvgIpc) is 2.47. The molecule has 0 aromatic rings. The number of carbonyl (C=O) groups is 1. The van der Waals surface area contributed by atoms with Crippen molar-refractivity contribution in [2.75, 3.05) is 45.9 Å². The average molecular weight is 327 g/mol. The van der Waals surface area contributed by atoms with Gasteiger partial charge in [-0.1, -0.05) is 0 Å². The minimum atomic E-state index is -0.591. The smallest absolute Gasteiger partial charge is 0.223 e. The summed E-state index contributed by atoms with van der Waals surface area (Å²) in [5, 5.41) is 12.7. The highest BCUT2D eigenvalue weighted by Crippen LogP contribution is 2.25. The molecule has 2 N–H and O–H groups in total. The van der Waals surface area contributed by atoms with Gasteiger partial charge in [0.25, 0.3) is 0 Å². The molecule has 1 unspecified atom stereocenters. The Bertz CT molecular complexity index is 373. The maximum Gasteiger partial charge on any atom is 0.223 e. The monoisotopic (exact) mass is 327 g/mol. The van der Waals surface area contributed by atoms with Crippen LogP contribution < -0.4 is 5.32 Å². The molecule has 1 atom stereocenters. The normalized spacial score (nSPS) is 24.6. The summed E-state index contributed by atoms with van der Waals surface area (Å²) < 4.78 is 5.43. The third kappa shape index (κ3) is 5.71. The first-order valence-corrected chi connectivity index (χ1v) is 8.93. The Morgan fingerprint density at radius 1 is 1.17 bits per heavy atom. The van der Waals surface area contributed by atoms with E-state index in [0.717, 1.165) is 58.8 Å². The number of likely N-dealkylation sites (tertiary alicyclic amines) is 1. The standard InChI is InChI=1S/C17H33N3O3/c1-14(2)20-6-4-17(5-7-20,18-16(22)12-15(3)21)13-19-8-10-23-11-9-19/h14-15,21H,4-13H2,1-3H3,(H,18,22). The number of amides is 1. The number of aliphatic hydroxyl groups excluding tert-OH is 1. The van der Waals surface area contributed by atoms with Crippen molar-refractivity contribution < 1.29 is 14.6 Å². The van der Waals surface area contributed by atoms with Crippen molar-refractivity contribution >= 4 is 5.91 Å². The van der Waals surface area contributed by atoms with Crippen LogP contribution in [0.3, 0.4) is 0 Å². The second kappa shape index (κ2) is 8.42. The van der Waals surface area contributed by atoms with Gasteiger partial charge < -0.3 is 20.1 Å². The lowest BCUT2D eigenvalue weighted by atomic mass is 9.85. The highest BCUT2D eigenvalue weighted by Gasteiger charge is 2.38. The molecule has 1 amide bonds. The van der Waals surface area contributed by atoms with Gasteiger partial charge in [0.1, 0.15) is 0 Å². The van der Waals surface area contributed by atoms with E-state index >= 15 is 0 Å². The van der Waals surface area contributed by atoms with Crippen molar-refractivity contribution in [1.82, 2.24) is 15.1 Å². The molecule has 2 aliphatic rings. The number of piperidine rings is 1. The summed E-state index contributed by atoms with van der Waals surface area (Å²) in [7, 11) is 0. The summed E-state index contributed by atoms with van der Waals surface area (Å²) in [6, 6.07) is 0.546. The van der Waals surface area contributed by atoms with Crippen LogP contribution in [0, 0.1) is 0 Å². The van der Waals surface area contributed by atoms with E-state index in [1.807, 2.05) is 0 Å². The van der Waals surface area contributed by atoms with Crippen molar-refractivity contribution in [1.29, 1.82) is 0 Å². The zero-order valence-electron chi connectivity index (χ0n) is 14.9. The second-order valence-electron chi connectivity index (χ2n) is 7.40. The Morgan fingerprint density at radius 2 is 1.78 bits per heavy atom. The molecule has 23 heavy (non-hydrogen) atoms. The summed E-state index contributed by atoms with van der Waals surface area (Å²) >= 11 is 0. The molecular weight excluding hydrogens is 294 g/mol. The molecular formula is C17H33N3O3. The highest BCUT2D eigenvalue weighted by atomic mass is 16.5. The van der Waals surface area contributed by atoms with Gasteiger partial charge in [-0.15, -0.1) is 0 Å². The molecule has 6 nitrogen and oxygen atoms in total. The van der Waals surface area contributed by atoms with Crippen LogP contribution in [0.5, 0.6) is 0 Å². The van der Waals surface area contributed by atoms with Gasteiger partial charge in [0, 0.05) is 38.8 Å². The number of aliphatic hydroxyl groups is 1. The van der Waals surface area contributed by atoms with E-state index in [9.17, 15) is 9.90 Å². The summed E-state index contributed by atoms with van der Waals surface area (Å²) in [6.07, 6.45) is 1.52. The zero-order chi connectivity index (χ0) is 16.9. The number of rotatable bonds is 6. The van der Waals surface area contributed by atoms with E-state index < -0.39 is 6.10 Å². The SMILES string of the molecule is CC(O)CC(=O)NC1(CN2CCOCC2)CCN(C(C)C)CC1. The number of nitrogens with zero attached hydrogens (tertiary/aromatic N) is 2. The van der Waals surface area contributed by atoms with Crippen molar-refractivity contribution in [3.8, 4) is 0 Å². The molecule has 2 rings (SSSR count). The van der Waals surface area contributed by atoms with Crippen molar-refractivity contribution in [2.45, 2.75) is 57.7 Å². The third-order valence-electron chi connectivity index (χ3n) is 5.00. The third-order valence-corrected chi connectivity index (χ3v) is 5.00. The summed E-state index contributed by atoms with van der Waals surface area (Å²) in [5.41, 5.74) is -0.172. The van der Waals surface area contributed by atoms with Gasteiger partial charge in [0.15, 0.2) is 0 Å². The largest absolute Gasteiger partial charge is 0.393 e. The number of hydrogen-bond donors (Lipinski definition) is 2. The van der Waals surface area contributed by atoms with Gasteiger partial charge in [-0.25, -0.2) is 0 Å². The van der Waals surface area contributed by atoms with Crippen molar-refractivity contribution in [3.05, 3.63) is 0 Å². The molecule has 2 heterocycles. The topological polar surface area (TPSA) is 65.0 Å². The molecule has 134 valence electrons. The van der Waals surface area contributed by atoms with Gasteiger partial charge >= 0.3 is 0 Å². The van der Waals surface area contributed by atoms with Crippen molar-refractivity contribution in [3.63, 3.8) is 0 Å². The lowest BCUT2D eigenvalue weighted by Crippen LogP contribution is -2.62. The minimum Gasteiger partial charge on any atom is -0.393 e. The Morgan fingerprint density at radius 3 is 2.30 bits per heavy atom. The van der Waals surface area contributed by atoms with E-state index in [1.165, 1.54) is 0 Å². The Kier molecular flexibility index (Phi) is 6.83. The van der Waals surface area contributed by atoms with E-state index in [2.05, 4.69) is 29.0 Å². The molecule has 2 aliphatic heterocycles. The Hall–Kier alpha value is -0.690. The van der Waals surface area contributed by atoms with Crippen LogP contribution in [-0.4, -0.2) is 84.4 Å². The predicted octanol–water partition coefficient (Wildman–Crippen LogP) is 0.449. The lowest BCUT2D eigenvalue weighted by Gasteiger charge is -2.46. The van der Waals surface area contributed by atoms with Crippen LogP contribution in [0.2, 0.25) is 0 Å². The molecule has 0 saturated carbocycles. The summed E-state index contributed by atoms with van der Waals surface area (Å²) in [4.78, 5) is 17.1. The maximum atomic E-state index is 12.3. The van der Waals surface area contributed by atoms with Gasteiger partial charge in [0.2, 0.25) is 5.91 Å². The Labute approximate surface area is 140 Å². The molecule has 0 aromatic carbocycles. The fourth-order valence-electron chi connectivity index (χ4n) is 3.59. The highest BCUT2D eigenvalue weighted by molar-refractivity contribution is 5.77. The van der Waals surface area contributed by atoms with Gasteiger partial charge in [-0.05, 0) is 33.6 Å². The number of ether oxygens (including phenoxy) is 1. The number of nitrogens with one attached hydrogen (secondary N) is 1. The fraction of sp³-hybridized carbons (Fsp3) is 0.941. The number of carbonyl (C=O) groups excluding carboxylic acids is 1. The molecule has 2 saturated heterocycles. The van der Waals surface area contributed by atoms with Gasteiger partial charge in [-0.3, -0.25) is 9.69 Å². The Balaban J connectivity index is 2.00. The number of morpholine rings is 1. The van der Waals surface area contributed by atoms with Crippen LogP contribution in [-0.2, 0) is 9.53 Å². The van der Waals surface area contributed by atoms with Crippen LogP contribution >= 0.6 is 0 Å². The summed E-state index contributed by atoms with van der Waals surface area (Å²) in [5.74, 6) is -0.0359. The fourth-order valence-corrected chi connectivity index (χ4v) is 3.59. The van der Waals surface area contributed by atoms with E-state index in [1.54, 1.807) is 6.92 Å². The van der Waals surface area contributed by atoms with E-state index in [-0.39, 0.29) is 17.9 Å². The predicted molar refractivity (Wildman–Crippen MR) is 90.4 cm³/mol. The molecule has 6 heteroatoms. The first-order chi connectivity index (χ1) is 10.9. The van der Waals surface area contributed by atoms with Crippen molar-refractivity contribution in [2.24, 2.45) is 0 Å². The van der Waals surface area contributed by atoms with E-state index in [0.29, 0.717) is 6.04 Å². The quantitative estimate of drug-likeness (QED) is 0.741. The first kappa shape index (κ1) is 18.6. The molecule has 0 radical (unpaired) electrons. The minimum absolute atomic E-state index is 0.0359. The zero-order valence-corrected chi connectivity index (χ0v) is 14.9. The van der Waals surface area contributed by atoms with Crippen LogP contribution in [0.4, 0.5) is 0 Å².